The van der Waals surface area contributed by atoms with Crippen molar-refractivity contribution in [3.8, 4) is 39.5 Å². The van der Waals surface area contributed by atoms with E-state index in [0.717, 1.165) is 77.6 Å². The summed E-state index contributed by atoms with van der Waals surface area (Å²) in [6, 6.07) is 53.8. The minimum atomic E-state index is -1.30. The van der Waals surface area contributed by atoms with Gasteiger partial charge in [0.15, 0.2) is 0 Å². The molecule has 7 aromatic carbocycles. The maximum atomic E-state index is 12.8. The molecule has 0 aliphatic rings. The summed E-state index contributed by atoms with van der Waals surface area (Å²) in [6.45, 7) is 22.8. The zero-order valence-corrected chi connectivity index (χ0v) is 44.3. The van der Waals surface area contributed by atoms with Gasteiger partial charge >= 0.3 is 0 Å². The van der Waals surface area contributed by atoms with E-state index in [1.54, 1.807) is 6.07 Å². The van der Waals surface area contributed by atoms with Gasteiger partial charge in [0, 0.05) is 54.0 Å². The van der Waals surface area contributed by atoms with Gasteiger partial charge in [0.1, 0.15) is 16.7 Å². The summed E-state index contributed by atoms with van der Waals surface area (Å²) >= 11 is 0. The number of hydrogen-bond donors (Lipinski definition) is 0. The number of nitrogens with zero attached hydrogens (tertiary/aromatic N) is 3. The summed E-state index contributed by atoms with van der Waals surface area (Å²) in [7, 11) is -1.30. The van der Waals surface area contributed by atoms with Crippen LogP contribution < -0.4 is 5.19 Å². The first-order valence-corrected chi connectivity index (χ1v) is 27.1. The Kier molecular flexibility index (Phi) is 12.7. The van der Waals surface area contributed by atoms with Gasteiger partial charge in [-0.15, -0.1) is 48.0 Å². The summed E-state index contributed by atoms with van der Waals surface area (Å²) in [5.74, 6) is 1.07. The molecule has 4 aromatic heterocycles. The molecule has 0 fully saturated rings. The summed E-state index contributed by atoms with van der Waals surface area (Å²) in [5.41, 5.74) is 15.5. The van der Waals surface area contributed by atoms with Crippen molar-refractivity contribution >= 4 is 68.2 Å². The zero-order chi connectivity index (χ0) is 47.6. The molecule has 0 unspecified atom stereocenters. The third kappa shape index (κ3) is 9.02. The molecule has 349 valence electrons. The van der Waals surface area contributed by atoms with E-state index in [0.29, 0.717) is 0 Å². The minimum Gasteiger partial charge on any atom is -0.501 e. The van der Waals surface area contributed by atoms with Crippen LogP contribution in [0.25, 0.3) is 94.4 Å². The molecule has 0 N–H and O–H groups in total. The molecule has 69 heavy (non-hydrogen) atoms. The van der Waals surface area contributed by atoms with Gasteiger partial charge in [0.25, 0.3) is 0 Å². The predicted octanol–water partition coefficient (Wildman–Crippen LogP) is 16.7. The minimum absolute atomic E-state index is 0. The quantitative estimate of drug-likeness (QED) is 0.118. The second-order valence-electron chi connectivity index (χ2n) is 20.6. The molecule has 1 radical (unpaired) electrons. The maximum Gasteiger partial charge on any atom is 0.136 e. The summed E-state index contributed by atoms with van der Waals surface area (Å²) in [6.07, 6.45) is 1.93. The Morgan fingerprint density at radius 3 is 1.96 bits per heavy atom. The number of fused-ring (bicyclic) bond motifs is 7. The van der Waals surface area contributed by atoms with E-state index >= 15 is 0 Å². The summed E-state index contributed by atoms with van der Waals surface area (Å²) in [5, 5.41) is 5.48. The molecule has 0 saturated carbocycles. The zero-order valence-electron chi connectivity index (χ0n) is 40.9. The van der Waals surface area contributed by atoms with Gasteiger partial charge in [0.2, 0.25) is 0 Å². The molecule has 11 aromatic rings. The Morgan fingerprint density at radius 2 is 1.32 bits per heavy atom. The molecular weight excluding hydrogens is 1050 g/mol. The first kappa shape index (κ1) is 47.6. The smallest absolute Gasteiger partial charge is 0.136 e. The summed E-state index contributed by atoms with van der Waals surface area (Å²) in [4.78, 5) is 9.76. The third-order valence-electron chi connectivity index (χ3n) is 13.1. The van der Waals surface area contributed by atoms with Crippen LogP contribution in [0.1, 0.15) is 77.0 Å². The number of furan rings is 2. The Morgan fingerprint density at radius 1 is 0.652 bits per heavy atom. The van der Waals surface area contributed by atoms with Crippen molar-refractivity contribution in [1.29, 1.82) is 0 Å². The van der Waals surface area contributed by atoms with E-state index in [1.165, 1.54) is 50.8 Å². The van der Waals surface area contributed by atoms with Crippen molar-refractivity contribution in [3.05, 3.63) is 180 Å². The van der Waals surface area contributed by atoms with Crippen LogP contribution in [0.4, 0.5) is 4.39 Å². The first-order valence-electron chi connectivity index (χ1n) is 23.6. The van der Waals surface area contributed by atoms with Crippen LogP contribution in [0.5, 0.6) is 0 Å². The Hall–Kier alpha value is -6.44. The van der Waals surface area contributed by atoms with E-state index in [2.05, 4.69) is 181 Å². The van der Waals surface area contributed by atoms with E-state index in [9.17, 15) is 4.39 Å². The van der Waals surface area contributed by atoms with Crippen LogP contribution in [0.15, 0.2) is 155 Å². The molecule has 5 nitrogen and oxygen atoms in total. The van der Waals surface area contributed by atoms with E-state index in [4.69, 9.17) is 13.8 Å². The molecule has 0 bridgehead atoms. The number of para-hydroxylation sites is 3. The molecule has 4 heterocycles. The number of benzene rings is 7. The average Bonchev–Trinajstić information content (AvgIpc) is 4.01. The Bertz CT molecular complexity index is 3620. The molecule has 0 atom stereocenters. The molecule has 0 aliphatic heterocycles. The molecule has 8 heteroatoms. The van der Waals surface area contributed by atoms with Crippen molar-refractivity contribution in [2.75, 3.05) is 0 Å². The second-order valence-corrected chi connectivity index (χ2v) is 25.7. The van der Waals surface area contributed by atoms with Gasteiger partial charge in [-0.05, 0) is 98.4 Å². The van der Waals surface area contributed by atoms with Gasteiger partial charge in [-0.1, -0.05) is 146 Å². The van der Waals surface area contributed by atoms with Crippen molar-refractivity contribution < 1.29 is 33.3 Å². The molecular formula is C61H56FIrN3O2Si-2. The fraction of sp³-hybridized carbons (Fsp3) is 0.213. The predicted molar refractivity (Wildman–Crippen MR) is 284 cm³/mol. The third-order valence-corrected chi connectivity index (χ3v) is 15.1. The van der Waals surface area contributed by atoms with Gasteiger partial charge in [-0.3, -0.25) is 9.37 Å². The number of aromatic nitrogens is 3. The Balaban J connectivity index is 0.000000279. The van der Waals surface area contributed by atoms with Gasteiger partial charge < -0.3 is 18.4 Å². The first-order chi connectivity index (χ1) is 32.5. The van der Waals surface area contributed by atoms with Crippen molar-refractivity contribution in [2.24, 2.45) is 0 Å². The number of imidazole rings is 1. The van der Waals surface area contributed by atoms with Crippen molar-refractivity contribution in [3.63, 3.8) is 0 Å². The number of hydrogen-bond acceptors (Lipinski definition) is 4. The number of pyridine rings is 1. The monoisotopic (exact) mass is 1100 g/mol. The normalized spacial score (nSPS) is 12.1. The Labute approximate surface area is 418 Å². The van der Waals surface area contributed by atoms with Gasteiger partial charge in [0.05, 0.1) is 30.5 Å². The SMILES string of the molecule is CC(C)c1cc(-c2ccc(C(C)(C)C)cc2)cc(C(C)C)c1-n1c(-c2[c-]ccc3c2oc2cc4c(cc23)oc2ccccc24)nc2ccccc21.C[Si](C)(C)c1ccc(-c2[c-]cc(F)cc2)nc1.[Ir]. The second kappa shape index (κ2) is 18.5. The maximum absolute atomic E-state index is 12.8. The fourth-order valence-corrected chi connectivity index (χ4v) is 10.3. The molecule has 0 spiro atoms. The van der Waals surface area contributed by atoms with Crippen molar-refractivity contribution in [2.45, 2.75) is 85.4 Å². The standard InChI is InChI=1S/C47H41N2O2.C14H15FNSi.Ir/c1-27(2)35-23-30(29-19-21-31(22-20-29)47(5,6)7)24-36(28(3)4)44(35)49-40-17-10-9-16-39(40)48-46(49)34-15-12-14-33-38-26-42-37(25-43(38)51-45(33)34)32-13-8-11-18-41(32)50-42;1-17(2,3)13-8-9-14(16-10-13)11-4-6-12(15)7-5-11;/h8-14,16-28H,1-7H3;4,6-10H,1-3H3;/q2*-1;. The van der Waals surface area contributed by atoms with Crippen LogP contribution in [0.2, 0.25) is 19.6 Å². The molecule has 0 amide bonds. The van der Waals surface area contributed by atoms with Crippen LogP contribution in [-0.4, -0.2) is 22.6 Å². The molecule has 0 aliphatic carbocycles. The van der Waals surface area contributed by atoms with Crippen LogP contribution >= 0.6 is 0 Å². The van der Waals surface area contributed by atoms with Crippen LogP contribution in [0, 0.1) is 17.9 Å². The van der Waals surface area contributed by atoms with Crippen LogP contribution in [-0.2, 0) is 25.5 Å². The van der Waals surface area contributed by atoms with Gasteiger partial charge in [-0.25, -0.2) is 0 Å². The topological polar surface area (TPSA) is 57.0 Å². The average molecular weight is 1100 g/mol. The summed E-state index contributed by atoms with van der Waals surface area (Å²) < 4.78 is 28.2. The number of rotatable bonds is 7. The van der Waals surface area contributed by atoms with Crippen LogP contribution in [0.3, 0.4) is 0 Å². The molecule has 11 rings (SSSR count). The number of halogens is 1. The van der Waals surface area contributed by atoms with Crippen molar-refractivity contribution in [1.82, 2.24) is 14.5 Å². The largest absolute Gasteiger partial charge is 0.501 e. The van der Waals surface area contributed by atoms with E-state index < -0.39 is 8.07 Å². The van der Waals surface area contributed by atoms with Gasteiger partial charge in [-0.2, -0.15) is 0 Å². The molecule has 0 saturated heterocycles. The van der Waals surface area contributed by atoms with E-state index in [-0.39, 0.29) is 43.2 Å². The fourth-order valence-electron chi connectivity index (χ4n) is 9.25. The van der Waals surface area contributed by atoms with E-state index in [1.807, 2.05) is 36.5 Å².